The van der Waals surface area contributed by atoms with Gasteiger partial charge in [0, 0.05) is 18.4 Å². The summed E-state index contributed by atoms with van der Waals surface area (Å²) in [6, 6.07) is 7.37. The van der Waals surface area contributed by atoms with Gasteiger partial charge in [-0.1, -0.05) is 12.1 Å². The highest BCUT2D eigenvalue weighted by molar-refractivity contribution is 5.78. The highest BCUT2D eigenvalue weighted by atomic mass is 16.1. The van der Waals surface area contributed by atoms with Crippen molar-refractivity contribution < 1.29 is 4.79 Å². The number of anilines is 1. The molecule has 1 aromatic heterocycles. The first kappa shape index (κ1) is 13.1. The minimum atomic E-state index is -0.00511. The van der Waals surface area contributed by atoms with Crippen LogP contribution in [0.15, 0.2) is 36.7 Å². The van der Waals surface area contributed by atoms with Crippen LogP contribution in [0.1, 0.15) is 11.1 Å². The molecule has 1 aromatic carbocycles. The van der Waals surface area contributed by atoms with Gasteiger partial charge in [0.1, 0.15) is 0 Å². The van der Waals surface area contributed by atoms with Gasteiger partial charge in [-0.3, -0.25) is 9.48 Å². The average Bonchev–Trinajstić information content (AvgIpc) is 2.75. The Labute approximate surface area is 112 Å². The number of nitrogens with one attached hydrogen (secondary N) is 1. The Morgan fingerprint density at radius 3 is 3.00 bits per heavy atom. The van der Waals surface area contributed by atoms with Crippen molar-refractivity contribution in [2.45, 2.75) is 19.9 Å². The minimum Gasteiger partial charge on any atom is -0.399 e. The molecule has 0 aliphatic heterocycles. The average molecular weight is 258 g/mol. The number of nitrogen functional groups attached to an aromatic ring is 1. The van der Waals surface area contributed by atoms with Gasteiger partial charge in [0.05, 0.1) is 19.2 Å². The monoisotopic (exact) mass is 258 g/mol. The maximum absolute atomic E-state index is 11.7. The largest absolute Gasteiger partial charge is 0.399 e. The third kappa shape index (κ3) is 4.13. The fourth-order valence-corrected chi connectivity index (χ4v) is 1.85. The molecule has 2 rings (SSSR count). The van der Waals surface area contributed by atoms with Crippen molar-refractivity contribution in [1.82, 2.24) is 15.1 Å². The van der Waals surface area contributed by atoms with E-state index in [0.29, 0.717) is 25.2 Å². The smallest absolute Gasteiger partial charge is 0.224 e. The van der Waals surface area contributed by atoms with Gasteiger partial charge in [0.15, 0.2) is 0 Å². The van der Waals surface area contributed by atoms with Gasteiger partial charge in [-0.15, -0.1) is 0 Å². The molecule has 0 unspecified atom stereocenters. The van der Waals surface area contributed by atoms with E-state index >= 15 is 0 Å². The van der Waals surface area contributed by atoms with Crippen molar-refractivity contribution in [3.05, 3.63) is 47.8 Å². The molecule has 0 saturated heterocycles. The van der Waals surface area contributed by atoms with E-state index in [1.54, 1.807) is 12.3 Å². The quantitative estimate of drug-likeness (QED) is 0.790. The number of aromatic nitrogens is 2. The number of nitrogens with zero attached hydrogens (tertiary/aromatic N) is 2. The Morgan fingerprint density at radius 2 is 2.32 bits per heavy atom. The van der Waals surface area contributed by atoms with Crippen LogP contribution in [-0.4, -0.2) is 22.2 Å². The Kier molecular flexibility index (Phi) is 4.18. The van der Waals surface area contributed by atoms with E-state index in [2.05, 4.69) is 10.4 Å². The molecule has 0 spiro atoms. The Morgan fingerprint density at radius 1 is 1.47 bits per heavy atom. The number of benzene rings is 1. The first-order valence-corrected chi connectivity index (χ1v) is 6.23. The zero-order chi connectivity index (χ0) is 13.7. The molecule has 1 amide bonds. The number of rotatable bonds is 5. The highest BCUT2D eigenvalue weighted by Crippen LogP contribution is 2.06. The summed E-state index contributed by atoms with van der Waals surface area (Å²) in [5.74, 6) is -0.00511. The second kappa shape index (κ2) is 6.04. The van der Waals surface area contributed by atoms with Crippen LogP contribution in [0.3, 0.4) is 0 Å². The fraction of sp³-hybridized carbons (Fsp3) is 0.286. The Balaban J connectivity index is 1.76. The molecule has 0 saturated carbocycles. The van der Waals surface area contributed by atoms with Crippen LogP contribution in [0.4, 0.5) is 5.69 Å². The third-order valence-corrected chi connectivity index (χ3v) is 2.74. The summed E-state index contributed by atoms with van der Waals surface area (Å²) in [6.45, 7) is 3.24. The van der Waals surface area contributed by atoms with E-state index < -0.39 is 0 Å². The number of carbonyl (C=O) groups is 1. The molecule has 0 atom stereocenters. The van der Waals surface area contributed by atoms with E-state index in [-0.39, 0.29) is 5.91 Å². The lowest BCUT2D eigenvalue weighted by molar-refractivity contribution is -0.120. The van der Waals surface area contributed by atoms with Crippen LogP contribution >= 0.6 is 0 Å². The summed E-state index contributed by atoms with van der Waals surface area (Å²) in [5, 5.41) is 7.02. The second-order valence-electron chi connectivity index (χ2n) is 4.55. The normalized spacial score (nSPS) is 10.4. The Bertz CT molecular complexity index is 562. The molecule has 3 N–H and O–H groups in total. The van der Waals surface area contributed by atoms with Crippen molar-refractivity contribution in [3.63, 3.8) is 0 Å². The molecule has 2 aromatic rings. The van der Waals surface area contributed by atoms with Crippen LogP contribution in [-0.2, 0) is 17.8 Å². The molecule has 19 heavy (non-hydrogen) atoms. The number of hydrogen-bond acceptors (Lipinski definition) is 3. The van der Waals surface area contributed by atoms with Crippen molar-refractivity contribution in [1.29, 1.82) is 0 Å². The fourth-order valence-electron chi connectivity index (χ4n) is 1.85. The molecule has 5 nitrogen and oxygen atoms in total. The second-order valence-corrected chi connectivity index (χ2v) is 4.55. The molecule has 0 bridgehead atoms. The Hall–Kier alpha value is -2.30. The number of aryl methyl sites for hydroxylation is 1. The SMILES string of the molecule is Cc1cnn(CCNC(=O)Cc2cccc(N)c2)c1. The molecule has 1 heterocycles. The van der Waals surface area contributed by atoms with Crippen LogP contribution < -0.4 is 11.1 Å². The standard InChI is InChI=1S/C14H18N4O/c1-11-9-17-18(10-11)6-5-16-14(19)8-12-3-2-4-13(15)7-12/h2-4,7,9-10H,5-6,8,15H2,1H3,(H,16,19). The zero-order valence-corrected chi connectivity index (χ0v) is 11.0. The molecule has 0 fully saturated rings. The number of carbonyl (C=O) groups excluding carboxylic acids is 1. The first-order chi connectivity index (χ1) is 9.13. The van der Waals surface area contributed by atoms with Gasteiger partial charge in [-0.05, 0) is 30.2 Å². The molecular weight excluding hydrogens is 240 g/mol. The number of nitrogens with two attached hydrogens (primary N) is 1. The van der Waals surface area contributed by atoms with E-state index in [1.165, 1.54) is 0 Å². The summed E-state index contributed by atoms with van der Waals surface area (Å²) >= 11 is 0. The lowest BCUT2D eigenvalue weighted by Crippen LogP contribution is -2.28. The molecule has 100 valence electrons. The summed E-state index contributed by atoms with van der Waals surface area (Å²) in [7, 11) is 0. The molecule has 0 radical (unpaired) electrons. The lowest BCUT2D eigenvalue weighted by atomic mass is 10.1. The van der Waals surface area contributed by atoms with Crippen LogP contribution in [0.25, 0.3) is 0 Å². The summed E-state index contributed by atoms with van der Waals surface area (Å²) in [5.41, 5.74) is 8.39. The molecule has 0 aliphatic carbocycles. The van der Waals surface area contributed by atoms with Crippen LogP contribution in [0, 0.1) is 6.92 Å². The van der Waals surface area contributed by atoms with E-state index in [9.17, 15) is 4.79 Å². The van der Waals surface area contributed by atoms with Gasteiger partial charge in [-0.2, -0.15) is 5.10 Å². The highest BCUT2D eigenvalue weighted by Gasteiger charge is 2.03. The van der Waals surface area contributed by atoms with Gasteiger partial charge in [-0.25, -0.2) is 0 Å². The summed E-state index contributed by atoms with van der Waals surface area (Å²) < 4.78 is 1.82. The summed E-state index contributed by atoms with van der Waals surface area (Å²) in [4.78, 5) is 11.7. The number of hydrogen-bond donors (Lipinski definition) is 2. The van der Waals surface area contributed by atoms with Crippen LogP contribution in [0.5, 0.6) is 0 Å². The van der Waals surface area contributed by atoms with Crippen molar-refractivity contribution in [2.75, 3.05) is 12.3 Å². The number of amides is 1. The van der Waals surface area contributed by atoms with Crippen LogP contribution in [0.2, 0.25) is 0 Å². The molecular formula is C14H18N4O. The predicted octanol–water partition coefficient (Wildman–Crippen LogP) is 1.13. The molecule has 0 aliphatic rings. The van der Waals surface area contributed by atoms with Gasteiger partial charge in [0.2, 0.25) is 5.91 Å². The zero-order valence-electron chi connectivity index (χ0n) is 11.0. The van der Waals surface area contributed by atoms with E-state index in [0.717, 1.165) is 11.1 Å². The predicted molar refractivity (Wildman–Crippen MR) is 74.5 cm³/mol. The van der Waals surface area contributed by atoms with E-state index in [1.807, 2.05) is 36.0 Å². The van der Waals surface area contributed by atoms with Gasteiger partial charge in [0.25, 0.3) is 0 Å². The van der Waals surface area contributed by atoms with Gasteiger partial charge < -0.3 is 11.1 Å². The van der Waals surface area contributed by atoms with Gasteiger partial charge >= 0.3 is 0 Å². The third-order valence-electron chi connectivity index (χ3n) is 2.74. The van der Waals surface area contributed by atoms with Crippen molar-refractivity contribution in [3.8, 4) is 0 Å². The first-order valence-electron chi connectivity index (χ1n) is 6.23. The topological polar surface area (TPSA) is 72.9 Å². The lowest BCUT2D eigenvalue weighted by Gasteiger charge is -2.06. The molecule has 5 heteroatoms. The minimum absolute atomic E-state index is 0.00511. The summed E-state index contributed by atoms with van der Waals surface area (Å²) in [6.07, 6.45) is 4.10. The maximum atomic E-state index is 11.7. The van der Waals surface area contributed by atoms with Crippen molar-refractivity contribution >= 4 is 11.6 Å². The van der Waals surface area contributed by atoms with Crippen molar-refractivity contribution in [2.24, 2.45) is 0 Å². The van der Waals surface area contributed by atoms with E-state index in [4.69, 9.17) is 5.73 Å². The maximum Gasteiger partial charge on any atom is 0.224 e.